The summed E-state index contributed by atoms with van der Waals surface area (Å²) in [6.07, 6.45) is 3.22. The molecule has 0 spiro atoms. The van der Waals surface area contributed by atoms with Crippen LogP contribution in [0.5, 0.6) is 0 Å². The lowest BCUT2D eigenvalue weighted by Crippen LogP contribution is -2.48. The Bertz CT molecular complexity index is 780. The van der Waals surface area contributed by atoms with E-state index in [2.05, 4.69) is 4.90 Å². The molecule has 0 aliphatic carbocycles. The van der Waals surface area contributed by atoms with Crippen LogP contribution in [0.15, 0.2) is 35.2 Å². The van der Waals surface area contributed by atoms with Crippen LogP contribution in [-0.4, -0.2) is 99.2 Å². The van der Waals surface area contributed by atoms with Crippen molar-refractivity contribution in [3.05, 3.63) is 35.9 Å². The Labute approximate surface area is 166 Å². The molecule has 3 rings (SSSR count). The summed E-state index contributed by atoms with van der Waals surface area (Å²) in [6, 6.07) is 6.55. The maximum absolute atomic E-state index is 12.6. The molecule has 0 bridgehead atoms. The van der Waals surface area contributed by atoms with Gasteiger partial charge in [-0.1, -0.05) is 12.1 Å². The Hall–Kier alpha value is -1.78. The van der Waals surface area contributed by atoms with Crippen molar-refractivity contribution in [1.29, 1.82) is 0 Å². The smallest absolute Gasteiger partial charge is 0.246 e. The topological polar surface area (TPSA) is 90.4 Å². The molecule has 0 saturated carbocycles. The fourth-order valence-electron chi connectivity index (χ4n) is 3.29. The van der Waals surface area contributed by atoms with Gasteiger partial charge in [-0.3, -0.25) is 9.69 Å². The molecule has 1 aromatic rings. The first-order valence-electron chi connectivity index (χ1n) is 9.49. The highest BCUT2D eigenvalue weighted by Gasteiger charge is 2.26. The number of hydrogen-bond donors (Lipinski definition) is 1. The molecule has 0 radical (unpaired) electrons. The lowest BCUT2D eigenvalue weighted by molar-refractivity contribution is -0.127. The lowest BCUT2D eigenvalue weighted by atomic mass is 10.2. The predicted molar refractivity (Wildman–Crippen MR) is 105 cm³/mol. The van der Waals surface area contributed by atoms with Crippen molar-refractivity contribution in [2.24, 2.45) is 0 Å². The largest absolute Gasteiger partial charge is 0.395 e. The quantitative estimate of drug-likeness (QED) is 0.658. The highest BCUT2D eigenvalue weighted by molar-refractivity contribution is 7.89. The normalized spacial score (nSPS) is 20.0. The molecule has 9 heteroatoms. The first-order valence-corrected chi connectivity index (χ1v) is 10.9. The van der Waals surface area contributed by atoms with Crippen LogP contribution in [0.4, 0.5) is 0 Å². The van der Waals surface area contributed by atoms with Gasteiger partial charge in [-0.05, 0) is 23.8 Å². The number of carbonyl (C=O) groups is 1. The van der Waals surface area contributed by atoms with Gasteiger partial charge in [0, 0.05) is 51.9 Å². The molecule has 0 aromatic heterocycles. The van der Waals surface area contributed by atoms with Crippen LogP contribution in [-0.2, 0) is 19.6 Å². The van der Waals surface area contributed by atoms with E-state index in [1.807, 2.05) is 0 Å². The molecule has 2 fully saturated rings. The van der Waals surface area contributed by atoms with E-state index in [9.17, 15) is 13.2 Å². The SMILES string of the molecule is O=C(/C=C/c1ccc(S(=O)(=O)N2CCOCC2)cc1)N1CCN(CCO)CC1. The number of carbonyl (C=O) groups excluding carboxylic acids is 1. The number of nitrogens with zero attached hydrogens (tertiary/aromatic N) is 3. The number of morpholine rings is 1. The number of aliphatic hydroxyl groups excluding tert-OH is 1. The minimum absolute atomic E-state index is 0.0614. The summed E-state index contributed by atoms with van der Waals surface area (Å²) in [5, 5.41) is 8.97. The maximum Gasteiger partial charge on any atom is 0.246 e. The summed E-state index contributed by atoms with van der Waals surface area (Å²) >= 11 is 0. The number of aliphatic hydroxyl groups is 1. The van der Waals surface area contributed by atoms with Gasteiger partial charge in [-0.25, -0.2) is 8.42 Å². The molecule has 8 nitrogen and oxygen atoms in total. The third-order valence-corrected chi connectivity index (χ3v) is 6.92. The van der Waals surface area contributed by atoms with E-state index in [1.165, 1.54) is 10.4 Å². The van der Waals surface area contributed by atoms with E-state index in [0.717, 1.165) is 18.7 Å². The zero-order chi connectivity index (χ0) is 20.0. The van der Waals surface area contributed by atoms with Gasteiger partial charge in [-0.2, -0.15) is 4.31 Å². The van der Waals surface area contributed by atoms with Crippen molar-refractivity contribution in [2.45, 2.75) is 4.90 Å². The first-order chi connectivity index (χ1) is 13.5. The molecule has 2 aliphatic heterocycles. The van der Waals surface area contributed by atoms with Crippen molar-refractivity contribution >= 4 is 22.0 Å². The first kappa shape index (κ1) is 20.9. The van der Waals surface area contributed by atoms with Crippen LogP contribution < -0.4 is 0 Å². The minimum Gasteiger partial charge on any atom is -0.395 e. The average molecular weight is 410 g/mol. The van der Waals surface area contributed by atoms with Crippen molar-refractivity contribution in [2.75, 3.05) is 65.6 Å². The second kappa shape index (κ2) is 9.62. The van der Waals surface area contributed by atoms with Crippen molar-refractivity contribution < 1.29 is 23.1 Å². The summed E-state index contributed by atoms with van der Waals surface area (Å²) < 4.78 is 31.9. The van der Waals surface area contributed by atoms with Crippen LogP contribution in [0.3, 0.4) is 0 Å². The summed E-state index contributed by atoms with van der Waals surface area (Å²) in [6.45, 7) is 5.12. The van der Waals surface area contributed by atoms with Crippen molar-refractivity contribution in [3.8, 4) is 0 Å². The standard InChI is InChI=1S/C19H27N3O5S/c23-14-11-20-7-9-21(10-8-20)19(24)6-3-17-1-4-18(5-2-17)28(25,26)22-12-15-27-16-13-22/h1-6,23H,7-16H2/b6-3+. The summed E-state index contributed by atoms with van der Waals surface area (Å²) in [4.78, 5) is 16.5. The number of β-amino-alcohol motifs (C(OH)–C–C–N with tert-alkyl or cyclic N) is 1. The van der Waals surface area contributed by atoms with Crippen molar-refractivity contribution in [3.63, 3.8) is 0 Å². The molecule has 1 N–H and O–H groups in total. The van der Waals surface area contributed by atoms with E-state index in [0.29, 0.717) is 45.9 Å². The molecule has 2 aliphatic rings. The predicted octanol–water partition coefficient (Wildman–Crippen LogP) is -0.143. The van der Waals surface area contributed by atoms with Gasteiger partial charge in [0.25, 0.3) is 0 Å². The average Bonchev–Trinajstić information content (AvgIpc) is 2.74. The van der Waals surface area contributed by atoms with Gasteiger partial charge in [0.15, 0.2) is 0 Å². The van der Waals surface area contributed by atoms with E-state index in [1.54, 1.807) is 35.2 Å². The molecular weight excluding hydrogens is 382 g/mol. The fraction of sp³-hybridized carbons (Fsp3) is 0.526. The molecule has 2 saturated heterocycles. The van der Waals surface area contributed by atoms with Gasteiger partial charge in [0.1, 0.15) is 0 Å². The highest BCUT2D eigenvalue weighted by Crippen LogP contribution is 2.18. The number of piperazine rings is 1. The summed E-state index contributed by atoms with van der Waals surface area (Å²) in [7, 11) is -3.51. The third-order valence-electron chi connectivity index (χ3n) is 5.01. The second-order valence-corrected chi connectivity index (χ2v) is 8.75. The number of benzene rings is 1. The Morgan fingerprint density at radius 2 is 1.68 bits per heavy atom. The van der Waals surface area contributed by atoms with Gasteiger partial charge < -0.3 is 14.7 Å². The van der Waals surface area contributed by atoms with Gasteiger partial charge in [0.2, 0.25) is 15.9 Å². The molecular formula is C19H27N3O5S. The third kappa shape index (κ3) is 5.18. The van der Waals surface area contributed by atoms with Gasteiger partial charge >= 0.3 is 0 Å². The van der Waals surface area contributed by atoms with E-state index >= 15 is 0 Å². The number of ether oxygens (including phenoxy) is 1. The minimum atomic E-state index is -3.51. The molecule has 1 aromatic carbocycles. The second-order valence-electron chi connectivity index (χ2n) is 6.81. The number of sulfonamides is 1. The van der Waals surface area contributed by atoms with Crippen LogP contribution in [0, 0.1) is 0 Å². The summed E-state index contributed by atoms with van der Waals surface area (Å²) in [5.74, 6) is -0.0614. The van der Waals surface area contributed by atoms with E-state index < -0.39 is 10.0 Å². The Balaban J connectivity index is 1.57. The summed E-state index contributed by atoms with van der Waals surface area (Å²) in [5.41, 5.74) is 0.771. The van der Waals surface area contributed by atoms with Gasteiger partial charge in [0.05, 0.1) is 24.7 Å². The molecule has 1 amide bonds. The monoisotopic (exact) mass is 409 g/mol. The van der Waals surface area contributed by atoms with Crippen LogP contribution in [0.25, 0.3) is 6.08 Å². The number of rotatable bonds is 6. The molecule has 154 valence electrons. The maximum atomic E-state index is 12.6. The zero-order valence-electron chi connectivity index (χ0n) is 15.9. The molecule has 0 atom stereocenters. The lowest BCUT2D eigenvalue weighted by Gasteiger charge is -2.33. The molecule has 0 unspecified atom stereocenters. The highest BCUT2D eigenvalue weighted by atomic mass is 32.2. The Morgan fingerprint density at radius 1 is 1.04 bits per heavy atom. The van der Waals surface area contributed by atoms with Crippen LogP contribution in [0.2, 0.25) is 0 Å². The number of amides is 1. The zero-order valence-corrected chi connectivity index (χ0v) is 16.7. The Morgan fingerprint density at radius 3 is 2.29 bits per heavy atom. The van der Waals surface area contributed by atoms with Gasteiger partial charge in [-0.15, -0.1) is 0 Å². The van der Waals surface area contributed by atoms with Crippen LogP contribution in [0.1, 0.15) is 5.56 Å². The van der Waals surface area contributed by atoms with Crippen LogP contribution >= 0.6 is 0 Å². The fourth-order valence-corrected chi connectivity index (χ4v) is 4.70. The van der Waals surface area contributed by atoms with E-state index in [-0.39, 0.29) is 17.4 Å². The number of hydrogen-bond acceptors (Lipinski definition) is 6. The Kier molecular flexibility index (Phi) is 7.19. The van der Waals surface area contributed by atoms with Crippen molar-refractivity contribution in [1.82, 2.24) is 14.1 Å². The molecule has 2 heterocycles. The molecule has 28 heavy (non-hydrogen) atoms. The van der Waals surface area contributed by atoms with E-state index in [4.69, 9.17) is 9.84 Å².